The maximum atomic E-state index is 13.3. The van der Waals surface area contributed by atoms with Crippen LogP contribution in [0.2, 0.25) is 0 Å². The first-order valence-electron chi connectivity index (χ1n) is 11.7. The van der Waals surface area contributed by atoms with Gasteiger partial charge in [-0.15, -0.1) is 0 Å². The number of aromatic hydroxyl groups is 1. The Kier molecular flexibility index (Phi) is 7.40. The third-order valence-electron chi connectivity index (χ3n) is 6.30. The number of aryl methyl sites for hydroxylation is 1. The largest absolute Gasteiger partial charge is 0.508 e. The summed E-state index contributed by atoms with van der Waals surface area (Å²) in [7, 11) is 0. The maximum absolute atomic E-state index is 13.3. The van der Waals surface area contributed by atoms with Crippen molar-refractivity contribution in [2.45, 2.75) is 38.3 Å². The fourth-order valence-corrected chi connectivity index (χ4v) is 4.24. The molecule has 8 heteroatoms. The van der Waals surface area contributed by atoms with Gasteiger partial charge in [-0.05, 0) is 73.3 Å². The highest BCUT2D eigenvalue weighted by atomic mass is 16.3. The maximum Gasteiger partial charge on any atom is 0.247 e. The molecule has 0 saturated carbocycles. The lowest BCUT2D eigenvalue weighted by molar-refractivity contribution is -0.127. The number of carbonyl (C=O) groups is 2. The van der Waals surface area contributed by atoms with Crippen LogP contribution in [0.15, 0.2) is 54.7 Å². The van der Waals surface area contributed by atoms with Crippen molar-refractivity contribution in [3.05, 3.63) is 65.9 Å². The van der Waals surface area contributed by atoms with Crippen molar-refractivity contribution in [3.8, 4) is 5.75 Å². The Balaban J connectivity index is 1.52. The van der Waals surface area contributed by atoms with E-state index in [1.807, 2.05) is 18.2 Å². The topological polar surface area (TPSA) is 129 Å². The molecule has 34 heavy (non-hydrogen) atoms. The molecule has 3 atom stereocenters. The van der Waals surface area contributed by atoms with E-state index in [1.165, 1.54) is 5.56 Å². The van der Waals surface area contributed by atoms with E-state index in [0.29, 0.717) is 25.2 Å². The third kappa shape index (κ3) is 5.70. The van der Waals surface area contributed by atoms with Crippen LogP contribution in [0.4, 0.5) is 5.69 Å². The van der Waals surface area contributed by atoms with Gasteiger partial charge in [-0.3, -0.25) is 14.6 Å². The minimum absolute atomic E-state index is 0.144. The van der Waals surface area contributed by atoms with Gasteiger partial charge >= 0.3 is 0 Å². The van der Waals surface area contributed by atoms with Crippen molar-refractivity contribution in [2.24, 2.45) is 11.7 Å². The second-order valence-electron chi connectivity index (χ2n) is 8.82. The Morgan fingerprint density at radius 3 is 2.65 bits per heavy atom. The number of aromatic nitrogens is 1. The second kappa shape index (κ2) is 10.6. The van der Waals surface area contributed by atoms with Crippen LogP contribution in [0, 0.1) is 5.92 Å². The van der Waals surface area contributed by atoms with Crippen LogP contribution in [0.3, 0.4) is 0 Å². The van der Waals surface area contributed by atoms with E-state index in [2.05, 4.69) is 33.9 Å². The number of phenolic OH excluding ortho intramolecular Hbond substituents is 1. The number of carbonyl (C=O) groups excluding carboxylic acids is 2. The molecule has 1 aliphatic heterocycles. The number of fused-ring (bicyclic) bond motifs is 1. The molecular weight excluding hydrogens is 430 g/mol. The van der Waals surface area contributed by atoms with Crippen molar-refractivity contribution >= 4 is 28.4 Å². The summed E-state index contributed by atoms with van der Waals surface area (Å²) < 4.78 is 0. The molecule has 0 bridgehead atoms. The van der Waals surface area contributed by atoms with E-state index in [1.54, 1.807) is 30.5 Å². The minimum Gasteiger partial charge on any atom is -0.508 e. The molecule has 0 spiro atoms. The molecule has 1 saturated heterocycles. The van der Waals surface area contributed by atoms with Crippen LogP contribution in [0.25, 0.3) is 10.9 Å². The molecule has 0 aliphatic carbocycles. The molecule has 3 aromatic rings. The molecule has 6 N–H and O–H groups in total. The Labute approximate surface area is 199 Å². The number of pyridine rings is 1. The number of anilines is 1. The highest BCUT2D eigenvalue weighted by Gasteiger charge is 2.31. The predicted molar refractivity (Wildman–Crippen MR) is 132 cm³/mol. The number of nitrogens with one attached hydrogen (secondary N) is 3. The quantitative estimate of drug-likeness (QED) is 0.349. The van der Waals surface area contributed by atoms with Crippen molar-refractivity contribution in [1.29, 1.82) is 0 Å². The lowest BCUT2D eigenvalue weighted by Gasteiger charge is -2.21. The van der Waals surface area contributed by atoms with E-state index in [4.69, 9.17) is 5.73 Å². The van der Waals surface area contributed by atoms with Gasteiger partial charge in [-0.2, -0.15) is 0 Å². The average Bonchev–Trinajstić information content (AvgIpc) is 3.34. The van der Waals surface area contributed by atoms with Gasteiger partial charge < -0.3 is 26.8 Å². The summed E-state index contributed by atoms with van der Waals surface area (Å²) in [5.74, 6) is -0.163. The lowest BCUT2D eigenvalue weighted by atomic mass is 10.0. The molecule has 2 heterocycles. The first-order chi connectivity index (χ1) is 16.4. The Morgan fingerprint density at radius 1 is 1.18 bits per heavy atom. The molecule has 2 amide bonds. The summed E-state index contributed by atoms with van der Waals surface area (Å²) in [6, 6.07) is 13.4. The number of hydrogen-bond donors (Lipinski definition) is 5. The van der Waals surface area contributed by atoms with Crippen molar-refractivity contribution < 1.29 is 14.7 Å². The van der Waals surface area contributed by atoms with E-state index in [9.17, 15) is 14.7 Å². The third-order valence-corrected chi connectivity index (χ3v) is 6.30. The van der Waals surface area contributed by atoms with Gasteiger partial charge in [0.2, 0.25) is 11.8 Å². The number of amides is 2. The number of benzene rings is 2. The summed E-state index contributed by atoms with van der Waals surface area (Å²) >= 11 is 0. The van der Waals surface area contributed by atoms with Gasteiger partial charge in [0.05, 0.1) is 23.4 Å². The normalized spacial score (nSPS) is 18.5. The standard InChI is InChI=1S/C26H31N5O3/c1-2-16-5-8-22-19(9-16)12-20(15-29-22)30-26(34)24(10-17-3-6-21(32)7-4-17)31-25(33)23-11-18(13-27)14-28-23/h3-9,12,15,18,23-24,28,32H,2,10-11,13-14,27H2,1H3,(H,30,34)(H,31,33)/t18-,23-,24-/m1/s1. The van der Waals surface area contributed by atoms with Crippen LogP contribution >= 0.6 is 0 Å². The van der Waals surface area contributed by atoms with Gasteiger partial charge in [0.25, 0.3) is 0 Å². The highest BCUT2D eigenvalue weighted by molar-refractivity contribution is 5.99. The Morgan fingerprint density at radius 2 is 1.94 bits per heavy atom. The van der Waals surface area contributed by atoms with Gasteiger partial charge in [0, 0.05) is 11.8 Å². The number of hydrogen-bond acceptors (Lipinski definition) is 6. The number of nitrogens with two attached hydrogens (primary N) is 1. The molecule has 1 aromatic heterocycles. The van der Waals surface area contributed by atoms with E-state index in [0.717, 1.165) is 22.9 Å². The first-order valence-corrected chi connectivity index (χ1v) is 11.7. The molecule has 1 aliphatic rings. The van der Waals surface area contributed by atoms with Crippen LogP contribution in [-0.4, -0.2) is 47.1 Å². The van der Waals surface area contributed by atoms with E-state index in [-0.39, 0.29) is 35.9 Å². The first kappa shape index (κ1) is 23.7. The summed E-state index contributed by atoms with van der Waals surface area (Å²) in [6.07, 6.45) is 3.46. The van der Waals surface area contributed by atoms with Crippen molar-refractivity contribution in [3.63, 3.8) is 0 Å². The van der Waals surface area contributed by atoms with Gasteiger partial charge in [-0.25, -0.2) is 0 Å². The lowest BCUT2D eigenvalue weighted by Crippen LogP contribution is -2.50. The zero-order valence-corrected chi connectivity index (χ0v) is 19.3. The van der Waals surface area contributed by atoms with Gasteiger partial charge in [0.1, 0.15) is 11.8 Å². The molecule has 4 rings (SSSR count). The van der Waals surface area contributed by atoms with Crippen molar-refractivity contribution in [2.75, 3.05) is 18.4 Å². The highest BCUT2D eigenvalue weighted by Crippen LogP contribution is 2.20. The Bertz CT molecular complexity index is 1160. The van der Waals surface area contributed by atoms with Gasteiger partial charge in [0.15, 0.2) is 0 Å². The van der Waals surface area contributed by atoms with Crippen LogP contribution in [0.5, 0.6) is 5.75 Å². The van der Waals surface area contributed by atoms with E-state index >= 15 is 0 Å². The SMILES string of the molecule is CCc1ccc2ncc(NC(=O)[C@@H](Cc3ccc(O)cc3)NC(=O)[C@H]3C[C@H](CN)CN3)cc2c1. The summed E-state index contributed by atoms with van der Waals surface area (Å²) in [4.78, 5) is 30.6. The summed E-state index contributed by atoms with van der Waals surface area (Å²) in [6.45, 7) is 3.29. The molecule has 8 nitrogen and oxygen atoms in total. The monoisotopic (exact) mass is 461 g/mol. The predicted octanol–water partition coefficient (Wildman–Crippen LogP) is 2.11. The zero-order chi connectivity index (χ0) is 24.1. The summed E-state index contributed by atoms with van der Waals surface area (Å²) in [5, 5.41) is 19.5. The van der Waals surface area contributed by atoms with Crippen LogP contribution in [-0.2, 0) is 22.4 Å². The van der Waals surface area contributed by atoms with Crippen LogP contribution in [0.1, 0.15) is 24.5 Å². The van der Waals surface area contributed by atoms with Crippen molar-refractivity contribution in [1.82, 2.24) is 15.6 Å². The van der Waals surface area contributed by atoms with E-state index < -0.39 is 6.04 Å². The molecule has 0 radical (unpaired) electrons. The number of nitrogens with zero attached hydrogens (tertiary/aromatic N) is 1. The van der Waals surface area contributed by atoms with Gasteiger partial charge in [-0.1, -0.05) is 25.1 Å². The molecule has 2 aromatic carbocycles. The second-order valence-corrected chi connectivity index (χ2v) is 8.82. The smallest absolute Gasteiger partial charge is 0.247 e. The zero-order valence-electron chi connectivity index (χ0n) is 19.3. The average molecular weight is 462 g/mol. The minimum atomic E-state index is -0.798. The fourth-order valence-electron chi connectivity index (χ4n) is 4.24. The summed E-state index contributed by atoms with van der Waals surface area (Å²) in [5.41, 5.74) is 9.17. The molecular formula is C26H31N5O3. The molecule has 178 valence electrons. The number of phenols is 1. The fraction of sp³-hybridized carbons (Fsp3) is 0.346. The molecule has 0 unspecified atom stereocenters. The number of rotatable bonds is 8. The Hall–Kier alpha value is -3.49. The molecule has 1 fully saturated rings. The van der Waals surface area contributed by atoms with Crippen LogP contribution < -0.4 is 21.7 Å².